The van der Waals surface area contributed by atoms with Crippen LogP contribution in [0.1, 0.15) is 38.3 Å². The van der Waals surface area contributed by atoms with E-state index in [0.29, 0.717) is 6.42 Å². The average Bonchev–Trinajstić information content (AvgIpc) is 3.62. The molecule has 0 spiro atoms. The molecule has 1 fully saturated rings. The molecule has 4 atom stereocenters. The van der Waals surface area contributed by atoms with Crippen molar-refractivity contribution in [3.63, 3.8) is 0 Å². The summed E-state index contributed by atoms with van der Waals surface area (Å²) < 4.78 is 5.53. The van der Waals surface area contributed by atoms with Crippen molar-refractivity contribution >= 4 is 23.7 Å². The van der Waals surface area contributed by atoms with Crippen molar-refractivity contribution in [3.05, 3.63) is 71.8 Å². The Morgan fingerprint density at radius 2 is 1.54 bits per heavy atom. The third-order valence-corrected chi connectivity index (χ3v) is 6.54. The fourth-order valence-electron chi connectivity index (χ4n) is 4.46. The first-order chi connectivity index (χ1) is 17.7. The molecule has 4 N–H and O–H groups in total. The third-order valence-electron chi connectivity index (χ3n) is 6.54. The highest BCUT2D eigenvalue weighted by Crippen LogP contribution is 2.48. The molecule has 0 aliphatic heterocycles. The molecule has 37 heavy (non-hydrogen) atoms. The van der Waals surface area contributed by atoms with Gasteiger partial charge in [-0.15, -0.1) is 0 Å². The first-order valence-corrected chi connectivity index (χ1v) is 12.4. The van der Waals surface area contributed by atoms with E-state index in [1.807, 2.05) is 74.5 Å². The number of amides is 3. The van der Waals surface area contributed by atoms with Crippen molar-refractivity contribution < 1.29 is 29.0 Å². The van der Waals surface area contributed by atoms with E-state index in [9.17, 15) is 24.3 Å². The lowest BCUT2D eigenvalue weighted by molar-refractivity contribution is -0.149. The van der Waals surface area contributed by atoms with Crippen LogP contribution in [0.2, 0.25) is 0 Å². The maximum Gasteiger partial charge on any atom is 0.329 e. The fourth-order valence-corrected chi connectivity index (χ4v) is 4.46. The van der Waals surface area contributed by atoms with Gasteiger partial charge in [-0.1, -0.05) is 74.5 Å². The van der Waals surface area contributed by atoms with Gasteiger partial charge >= 0.3 is 5.97 Å². The van der Waals surface area contributed by atoms with Crippen molar-refractivity contribution in [3.8, 4) is 0 Å². The van der Waals surface area contributed by atoms with Crippen LogP contribution < -0.4 is 16.0 Å². The molecule has 2 aromatic rings. The van der Waals surface area contributed by atoms with E-state index < -0.39 is 47.9 Å². The number of nitrogens with one attached hydrogen (secondary N) is 3. The Morgan fingerprint density at radius 3 is 2.05 bits per heavy atom. The summed E-state index contributed by atoms with van der Waals surface area (Å²) in [6, 6.07) is 16.3. The number of carbonyl (C=O) groups excluding carboxylic acids is 4. The number of hydrogen-bond acceptors (Lipinski definition) is 6. The summed E-state index contributed by atoms with van der Waals surface area (Å²) in [5, 5.41) is 17.5. The smallest absolute Gasteiger partial charge is 0.329 e. The molecule has 198 valence electrons. The van der Waals surface area contributed by atoms with Gasteiger partial charge < -0.3 is 25.8 Å². The Morgan fingerprint density at radius 1 is 0.946 bits per heavy atom. The van der Waals surface area contributed by atoms with Crippen LogP contribution in [0.4, 0.5) is 0 Å². The fraction of sp³-hybridized carbons (Fsp3) is 0.429. The van der Waals surface area contributed by atoms with E-state index in [2.05, 4.69) is 16.0 Å². The van der Waals surface area contributed by atoms with Gasteiger partial charge in [-0.3, -0.25) is 14.4 Å². The first kappa shape index (κ1) is 27.9. The highest BCUT2D eigenvalue weighted by atomic mass is 16.5. The first-order valence-electron chi connectivity index (χ1n) is 12.4. The molecule has 1 aliphatic carbocycles. The van der Waals surface area contributed by atoms with Gasteiger partial charge in [0, 0.05) is 13.3 Å². The molecule has 9 heteroatoms. The molecule has 1 unspecified atom stereocenters. The van der Waals surface area contributed by atoms with Crippen LogP contribution in [-0.2, 0) is 36.9 Å². The summed E-state index contributed by atoms with van der Waals surface area (Å²) in [6.07, 6.45) is 0.583. The number of carbonyl (C=O) groups is 4. The SMILES string of the molecule is CC(=O)N[C@@H](CO)C(=O)N[C@]1(C(=O)N[C@@H](Cc2ccccc2)C(=O)OCc2ccccc2)CC1C(C)C. The summed E-state index contributed by atoms with van der Waals surface area (Å²) in [5.74, 6) is -2.34. The van der Waals surface area contributed by atoms with Gasteiger partial charge in [0.05, 0.1) is 6.61 Å². The molecular weight excluding hydrogens is 474 g/mol. The van der Waals surface area contributed by atoms with Crippen LogP contribution >= 0.6 is 0 Å². The van der Waals surface area contributed by atoms with Gasteiger partial charge in [-0.25, -0.2) is 4.79 Å². The Hall–Kier alpha value is -3.72. The van der Waals surface area contributed by atoms with Crippen LogP contribution in [0.5, 0.6) is 0 Å². The predicted octanol–water partition coefficient (Wildman–Crippen LogP) is 1.49. The number of aliphatic hydroxyl groups is 1. The topological polar surface area (TPSA) is 134 Å². The average molecular weight is 510 g/mol. The number of rotatable bonds is 12. The Bertz CT molecular complexity index is 1090. The molecule has 0 saturated heterocycles. The van der Waals surface area contributed by atoms with Crippen LogP contribution in [0, 0.1) is 11.8 Å². The minimum atomic E-state index is -1.26. The summed E-state index contributed by atoms with van der Waals surface area (Å²) in [4.78, 5) is 51.0. The lowest BCUT2D eigenvalue weighted by Crippen LogP contribution is -2.59. The van der Waals surface area contributed by atoms with Crippen LogP contribution in [0.15, 0.2) is 60.7 Å². The van der Waals surface area contributed by atoms with E-state index in [4.69, 9.17) is 4.74 Å². The van der Waals surface area contributed by atoms with Gasteiger partial charge in [0.15, 0.2) is 0 Å². The maximum atomic E-state index is 13.6. The molecule has 3 amide bonds. The minimum Gasteiger partial charge on any atom is -0.459 e. The molecule has 0 radical (unpaired) electrons. The zero-order chi connectivity index (χ0) is 27.0. The highest BCUT2D eigenvalue weighted by molar-refractivity contribution is 5.98. The van der Waals surface area contributed by atoms with E-state index in [1.54, 1.807) is 0 Å². The maximum absolute atomic E-state index is 13.6. The molecule has 2 aromatic carbocycles. The lowest BCUT2D eigenvalue weighted by Gasteiger charge is -2.26. The number of aliphatic hydroxyl groups excluding tert-OH is 1. The standard InChI is InChI=1S/C28H35N3O6/c1-18(2)22-15-28(22,31-25(34)24(16-32)29-19(3)33)27(36)30-23(14-20-10-6-4-7-11-20)26(35)37-17-21-12-8-5-9-13-21/h4-13,18,22-24,32H,14-17H2,1-3H3,(H,29,33)(H,30,36)(H,31,34)/t22?,23-,24-,28+/m0/s1. The zero-order valence-electron chi connectivity index (χ0n) is 21.4. The normalized spacial score (nSPS) is 19.9. The van der Waals surface area contributed by atoms with Gasteiger partial charge in [0.2, 0.25) is 17.7 Å². The molecule has 0 bridgehead atoms. The van der Waals surface area contributed by atoms with Gasteiger partial charge in [0.25, 0.3) is 0 Å². The van der Waals surface area contributed by atoms with Crippen molar-refractivity contribution in [2.75, 3.05) is 6.61 Å². The number of benzene rings is 2. The second-order valence-electron chi connectivity index (χ2n) is 9.76. The lowest BCUT2D eigenvalue weighted by atomic mass is 10.0. The second-order valence-corrected chi connectivity index (χ2v) is 9.76. The number of esters is 1. The van der Waals surface area contributed by atoms with Crippen molar-refractivity contribution in [2.45, 2.75) is 57.8 Å². The summed E-state index contributed by atoms with van der Waals surface area (Å²) in [7, 11) is 0. The molecule has 0 heterocycles. The second kappa shape index (κ2) is 12.5. The number of ether oxygens (including phenoxy) is 1. The van der Waals surface area contributed by atoms with E-state index in [-0.39, 0.29) is 24.9 Å². The molecular formula is C28H35N3O6. The Kier molecular flexibility index (Phi) is 9.41. The van der Waals surface area contributed by atoms with Crippen molar-refractivity contribution in [1.29, 1.82) is 0 Å². The Labute approximate surface area is 217 Å². The summed E-state index contributed by atoms with van der Waals surface area (Å²) in [6.45, 7) is 4.57. The largest absolute Gasteiger partial charge is 0.459 e. The predicted molar refractivity (Wildman–Crippen MR) is 137 cm³/mol. The van der Waals surface area contributed by atoms with Gasteiger partial charge in [-0.05, 0) is 29.4 Å². The van der Waals surface area contributed by atoms with Crippen LogP contribution in [0.25, 0.3) is 0 Å². The molecule has 9 nitrogen and oxygen atoms in total. The number of hydrogen-bond donors (Lipinski definition) is 4. The molecule has 3 rings (SSSR count). The van der Waals surface area contributed by atoms with E-state index >= 15 is 0 Å². The Balaban J connectivity index is 1.78. The van der Waals surface area contributed by atoms with Gasteiger partial charge in [0.1, 0.15) is 24.2 Å². The van der Waals surface area contributed by atoms with Gasteiger partial charge in [-0.2, -0.15) is 0 Å². The zero-order valence-corrected chi connectivity index (χ0v) is 21.4. The quantitative estimate of drug-likeness (QED) is 0.320. The molecule has 1 aliphatic rings. The van der Waals surface area contributed by atoms with Crippen LogP contribution in [-0.4, -0.2) is 53.0 Å². The summed E-state index contributed by atoms with van der Waals surface area (Å²) in [5.41, 5.74) is 0.399. The monoisotopic (exact) mass is 509 g/mol. The molecule has 1 saturated carbocycles. The van der Waals surface area contributed by atoms with Crippen LogP contribution in [0.3, 0.4) is 0 Å². The molecule has 0 aromatic heterocycles. The third kappa shape index (κ3) is 7.39. The van der Waals surface area contributed by atoms with E-state index in [1.165, 1.54) is 6.92 Å². The highest BCUT2D eigenvalue weighted by Gasteiger charge is 2.62. The minimum absolute atomic E-state index is 0.0617. The van der Waals surface area contributed by atoms with Crippen molar-refractivity contribution in [1.82, 2.24) is 16.0 Å². The van der Waals surface area contributed by atoms with Crippen molar-refractivity contribution in [2.24, 2.45) is 11.8 Å². The summed E-state index contributed by atoms with van der Waals surface area (Å²) >= 11 is 0. The van der Waals surface area contributed by atoms with E-state index in [0.717, 1.165) is 11.1 Å².